The summed E-state index contributed by atoms with van der Waals surface area (Å²) in [6.07, 6.45) is 2.82. The first-order chi connectivity index (χ1) is 12.0. The number of nitrogens with zero attached hydrogens (tertiary/aromatic N) is 1. The Morgan fingerprint density at radius 1 is 1.24 bits per heavy atom. The molecule has 0 unspecified atom stereocenters. The molecule has 0 aliphatic heterocycles. The van der Waals surface area contributed by atoms with E-state index in [1.807, 2.05) is 43.0 Å². The van der Waals surface area contributed by atoms with E-state index in [0.717, 1.165) is 30.7 Å². The van der Waals surface area contributed by atoms with Crippen LogP contribution < -0.4 is 10.1 Å². The molecule has 0 radical (unpaired) electrons. The van der Waals surface area contributed by atoms with Gasteiger partial charge in [0, 0.05) is 18.5 Å². The fourth-order valence-electron chi connectivity index (χ4n) is 3.15. The van der Waals surface area contributed by atoms with Crippen molar-refractivity contribution < 1.29 is 19.4 Å². The zero-order valence-corrected chi connectivity index (χ0v) is 15.0. The van der Waals surface area contributed by atoms with Gasteiger partial charge in [-0.2, -0.15) is 0 Å². The quantitative estimate of drug-likeness (QED) is 0.677. The fraction of sp³-hybridized carbons (Fsp3) is 0.579. The van der Waals surface area contributed by atoms with Crippen LogP contribution in [-0.4, -0.2) is 53.7 Å². The number of aryl methyl sites for hydroxylation is 1. The Labute approximate surface area is 149 Å². The highest BCUT2D eigenvalue weighted by molar-refractivity contribution is 5.76. The molecule has 25 heavy (non-hydrogen) atoms. The summed E-state index contributed by atoms with van der Waals surface area (Å²) >= 11 is 0. The maximum absolute atomic E-state index is 12.1. The van der Waals surface area contributed by atoms with Gasteiger partial charge in [0.1, 0.15) is 5.75 Å². The molecule has 1 aromatic carbocycles. The third kappa shape index (κ3) is 6.05. The first-order valence-corrected chi connectivity index (χ1v) is 8.98. The highest BCUT2D eigenvalue weighted by atomic mass is 16.5. The number of hydrogen-bond acceptors (Lipinski definition) is 4. The maximum Gasteiger partial charge on any atom is 0.317 e. The Kier molecular flexibility index (Phi) is 7.25. The van der Waals surface area contributed by atoms with Crippen LogP contribution in [0.4, 0.5) is 0 Å². The summed E-state index contributed by atoms with van der Waals surface area (Å²) in [5.74, 6) is 0.0985. The van der Waals surface area contributed by atoms with E-state index in [4.69, 9.17) is 9.84 Å². The first-order valence-electron chi connectivity index (χ1n) is 8.98. The summed E-state index contributed by atoms with van der Waals surface area (Å²) in [5, 5.41) is 11.9. The molecule has 2 N–H and O–H groups in total. The summed E-state index contributed by atoms with van der Waals surface area (Å²) < 4.78 is 5.40. The van der Waals surface area contributed by atoms with Crippen LogP contribution in [0.2, 0.25) is 0 Å². The Hall–Kier alpha value is -2.08. The molecule has 0 aromatic heterocycles. The van der Waals surface area contributed by atoms with Gasteiger partial charge in [-0.25, -0.2) is 0 Å². The Bertz CT molecular complexity index is 567. The molecule has 1 aromatic rings. The van der Waals surface area contributed by atoms with Crippen LogP contribution in [0, 0.1) is 0 Å². The molecule has 1 aliphatic carbocycles. The summed E-state index contributed by atoms with van der Waals surface area (Å²) in [6, 6.07) is 8.26. The van der Waals surface area contributed by atoms with Crippen LogP contribution in [0.25, 0.3) is 0 Å². The smallest absolute Gasteiger partial charge is 0.317 e. The monoisotopic (exact) mass is 348 g/mol. The molecule has 0 spiro atoms. The van der Waals surface area contributed by atoms with Gasteiger partial charge in [0.2, 0.25) is 5.91 Å². The van der Waals surface area contributed by atoms with Crippen molar-refractivity contribution >= 4 is 11.9 Å². The molecule has 0 atom stereocenters. The van der Waals surface area contributed by atoms with E-state index in [1.54, 1.807) is 0 Å². The largest absolute Gasteiger partial charge is 0.494 e. The van der Waals surface area contributed by atoms with Crippen LogP contribution in [0.15, 0.2) is 24.3 Å². The summed E-state index contributed by atoms with van der Waals surface area (Å²) in [4.78, 5) is 24.8. The van der Waals surface area contributed by atoms with Gasteiger partial charge in [-0.05, 0) is 50.4 Å². The summed E-state index contributed by atoms with van der Waals surface area (Å²) in [7, 11) is 0. The van der Waals surface area contributed by atoms with Gasteiger partial charge >= 0.3 is 5.97 Å². The van der Waals surface area contributed by atoms with E-state index < -0.39 is 5.97 Å². The number of amides is 1. The number of aliphatic carboxylic acids is 1. The number of carbonyl (C=O) groups is 2. The second-order valence-electron chi connectivity index (χ2n) is 6.42. The molecule has 0 heterocycles. The molecule has 138 valence electrons. The fourth-order valence-corrected chi connectivity index (χ4v) is 3.15. The molecule has 6 heteroatoms. The predicted molar refractivity (Wildman–Crippen MR) is 95.8 cm³/mol. The number of carboxylic acids is 1. The van der Waals surface area contributed by atoms with Gasteiger partial charge in [0.15, 0.2) is 0 Å². The van der Waals surface area contributed by atoms with Crippen LogP contribution >= 0.6 is 0 Å². The van der Waals surface area contributed by atoms with Crippen LogP contribution in [0.3, 0.4) is 0 Å². The second kappa shape index (κ2) is 9.42. The maximum atomic E-state index is 12.1. The third-order valence-electron chi connectivity index (χ3n) is 4.61. The lowest BCUT2D eigenvalue weighted by atomic mass is 9.85. The molecular formula is C19H28N2O4. The second-order valence-corrected chi connectivity index (χ2v) is 6.42. The number of benzene rings is 1. The molecule has 6 nitrogen and oxygen atoms in total. The van der Waals surface area contributed by atoms with Crippen LogP contribution in [0.1, 0.15) is 38.7 Å². The van der Waals surface area contributed by atoms with E-state index >= 15 is 0 Å². The van der Waals surface area contributed by atoms with Crippen molar-refractivity contribution in [1.29, 1.82) is 0 Å². The average Bonchev–Trinajstić information content (AvgIpc) is 2.55. The minimum Gasteiger partial charge on any atom is -0.494 e. The number of likely N-dealkylation sites (N-methyl/N-ethyl adjacent to an activating group) is 1. The lowest BCUT2D eigenvalue weighted by molar-refractivity contribution is -0.139. The van der Waals surface area contributed by atoms with Crippen molar-refractivity contribution in [2.75, 3.05) is 19.7 Å². The number of carbonyl (C=O) groups excluding carboxylic acids is 1. The van der Waals surface area contributed by atoms with Crippen molar-refractivity contribution in [2.24, 2.45) is 0 Å². The molecular weight excluding hydrogens is 320 g/mol. The lowest BCUT2D eigenvalue weighted by Gasteiger charge is -2.42. The number of carboxylic acid groups (broad SMARTS) is 1. The van der Waals surface area contributed by atoms with E-state index in [2.05, 4.69) is 5.32 Å². The minimum absolute atomic E-state index is 0.0543. The standard InChI is InChI=1S/C19H28N2O4/c1-3-21(13-19(23)24)16-11-15(12-16)20-18(22)10-7-14-5-8-17(9-6-14)25-4-2/h5-6,8-9,15-16H,3-4,7,10-13H2,1-2H3,(H,20,22)(H,23,24). The van der Waals surface area contributed by atoms with Gasteiger partial charge in [0.25, 0.3) is 0 Å². The van der Waals surface area contributed by atoms with Gasteiger partial charge < -0.3 is 15.2 Å². The Balaban J connectivity index is 1.67. The van der Waals surface area contributed by atoms with E-state index in [0.29, 0.717) is 19.4 Å². The molecule has 2 rings (SSSR count). The van der Waals surface area contributed by atoms with Crippen LogP contribution in [0.5, 0.6) is 5.75 Å². The molecule has 0 saturated heterocycles. The van der Waals surface area contributed by atoms with Gasteiger partial charge in [-0.3, -0.25) is 14.5 Å². The number of ether oxygens (including phenoxy) is 1. The van der Waals surface area contributed by atoms with E-state index in [1.165, 1.54) is 0 Å². The average molecular weight is 348 g/mol. The molecule has 1 fully saturated rings. The Morgan fingerprint density at radius 3 is 2.48 bits per heavy atom. The zero-order valence-electron chi connectivity index (χ0n) is 15.0. The highest BCUT2D eigenvalue weighted by Crippen LogP contribution is 2.25. The molecule has 1 aliphatic rings. The van der Waals surface area contributed by atoms with E-state index in [-0.39, 0.29) is 24.5 Å². The van der Waals surface area contributed by atoms with Gasteiger partial charge in [-0.1, -0.05) is 19.1 Å². The van der Waals surface area contributed by atoms with Crippen molar-refractivity contribution in [2.45, 2.75) is 51.6 Å². The molecule has 1 amide bonds. The summed E-state index contributed by atoms with van der Waals surface area (Å²) in [5.41, 5.74) is 1.11. The molecule has 0 bridgehead atoms. The normalized spacial score (nSPS) is 19.3. The van der Waals surface area contributed by atoms with Crippen molar-refractivity contribution in [1.82, 2.24) is 10.2 Å². The zero-order chi connectivity index (χ0) is 18.2. The topological polar surface area (TPSA) is 78.9 Å². The third-order valence-corrected chi connectivity index (χ3v) is 4.61. The number of nitrogens with one attached hydrogen (secondary N) is 1. The summed E-state index contributed by atoms with van der Waals surface area (Å²) in [6.45, 7) is 5.34. The first kappa shape index (κ1) is 19.2. The van der Waals surface area contributed by atoms with E-state index in [9.17, 15) is 9.59 Å². The van der Waals surface area contributed by atoms with Crippen LogP contribution in [-0.2, 0) is 16.0 Å². The van der Waals surface area contributed by atoms with Crippen molar-refractivity contribution in [3.8, 4) is 5.75 Å². The SMILES string of the molecule is CCOc1ccc(CCC(=O)NC2CC(N(CC)CC(=O)O)C2)cc1. The molecule has 1 saturated carbocycles. The number of hydrogen-bond donors (Lipinski definition) is 2. The van der Waals surface area contributed by atoms with Gasteiger partial charge in [0.05, 0.1) is 13.2 Å². The van der Waals surface area contributed by atoms with Gasteiger partial charge in [-0.15, -0.1) is 0 Å². The minimum atomic E-state index is -0.801. The Morgan fingerprint density at radius 2 is 1.92 bits per heavy atom. The van der Waals surface area contributed by atoms with Crippen molar-refractivity contribution in [3.63, 3.8) is 0 Å². The highest BCUT2D eigenvalue weighted by Gasteiger charge is 2.34. The van der Waals surface area contributed by atoms with Crippen molar-refractivity contribution in [3.05, 3.63) is 29.8 Å². The number of rotatable bonds is 10. The predicted octanol–water partition coefficient (Wildman–Crippen LogP) is 2.07. The lowest BCUT2D eigenvalue weighted by Crippen LogP contribution is -2.54.